The fourth-order valence-corrected chi connectivity index (χ4v) is 2.41. The van der Waals surface area contributed by atoms with Crippen LogP contribution in [0.1, 0.15) is 38.1 Å². The number of benzene rings is 1. The summed E-state index contributed by atoms with van der Waals surface area (Å²) in [5.74, 6) is 0.630. The number of ether oxygens (including phenoxy) is 2. The summed E-state index contributed by atoms with van der Waals surface area (Å²) in [5.41, 5.74) is 0.393. The van der Waals surface area contributed by atoms with E-state index in [0.717, 1.165) is 0 Å². The van der Waals surface area contributed by atoms with Gasteiger partial charge in [0.25, 0.3) is 5.91 Å². The molecule has 1 atom stereocenters. The first-order valence-corrected chi connectivity index (χ1v) is 8.20. The third-order valence-corrected chi connectivity index (χ3v) is 3.91. The first-order valence-electron chi connectivity index (χ1n) is 8.20. The number of amides is 2. The molecule has 0 heterocycles. The first-order chi connectivity index (χ1) is 11.4. The summed E-state index contributed by atoms with van der Waals surface area (Å²) >= 11 is 0. The van der Waals surface area contributed by atoms with Crippen LogP contribution in [0.5, 0.6) is 11.5 Å². The number of carbonyl (C=O) groups excluding carboxylic acids is 2. The highest BCUT2D eigenvalue weighted by molar-refractivity contribution is 5.98. The Hall–Kier alpha value is -2.24. The summed E-state index contributed by atoms with van der Waals surface area (Å²) in [7, 11) is 3.05. The standard InChI is InChI=1S/C18H28N2O4/c1-7-20(8-2)18(22)16(12(3)4)19-17(21)13-9-14(23-5)11-15(10-13)24-6/h9-12,16H,7-8H2,1-6H3,(H,19,21). The molecule has 0 radical (unpaired) electrons. The van der Waals surface area contributed by atoms with E-state index >= 15 is 0 Å². The Labute approximate surface area is 144 Å². The Bertz CT molecular complexity index is 546. The Morgan fingerprint density at radius 2 is 1.54 bits per heavy atom. The molecular weight excluding hydrogens is 308 g/mol. The number of methoxy groups -OCH3 is 2. The van der Waals surface area contributed by atoms with Crippen molar-refractivity contribution >= 4 is 11.8 Å². The molecule has 0 aliphatic carbocycles. The molecule has 0 saturated heterocycles. The van der Waals surface area contributed by atoms with Crippen LogP contribution in [0, 0.1) is 5.92 Å². The highest BCUT2D eigenvalue weighted by Crippen LogP contribution is 2.22. The van der Waals surface area contributed by atoms with Gasteiger partial charge in [0.15, 0.2) is 0 Å². The molecule has 0 fully saturated rings. The predicted octanol–water partition coefficient (Wildman–Crippen LogP) is 2.33. The third kappa shape index (κ3) is 4.88. The van der Waals surface area contributed by atoms with Gasteiger partial charge < -0.3 is 19.7 Å². The number of rotatable bonds is 8. The molecule has 24 heavy (non-hydrogen) atoms. The summed E-state index contributed by atoms with van der Waals surface area (Å²) in [6.07, 6.45) is 0. The van der Waals surface area contributed by atoms with E-state index in [1.165, 1.54) is 14.2 Å². The summed E-state index contributed by atoms with van der Waals surface area (Å²) in [6.45, 7) is 8.90. The molecule has 1 N–H and O–H groups in total. The van der Waals surface area contributed by atoms with Gasteiger partial charge >= 0.3 is 0 Å². The van der Waals surface area contributed by atoms with Crippen LogP contribution in [-0.4, -0.2) is 50.1 Å². The summed E-state index contributed by atoms with van der Waals surface area (Å²) < 4.78 is 10.4. The van der Waals surface area contributed by atoms with E-state index in [1.54, 1.807) is 23.1 Å². The Morgan fingerprint density at radius 3 is 1.92 bits per heavy atom. The van der Waals surface area contributed by atoms with E-state index in [-0.39, 0.29) is 17.7 Å². The van der Waals surface area contributed by atoms with Crippen LogP contribution in [0.4, 0.5) is 0 Å². The number of nitrogens with one attached hydrogen (secondary N) is 1. The second-order valence-electron chi connectivity index (χ2n) is 5.81. The van der Waals surface area contributed by atoms with Crippen LogP contribution in [0.3, 0.4) is 0 Å². The van der Waals surface area contributed by atoms with Crippen molar-refractivity contribution < 1.29 is 19.1 Å². The third-order valence-electron chi connectivity index (χ3n) is 3.91. The molecular formula is C18H28N2O4. The van der Waals surface area contributed by atoms with Gasteiger partial charge in [0.1, 0.15) is 17.5 Å². The second kappa shape index (κ2) is 9.15. The number of nitrogens with zero attached hydrogens (tertiary/aromatic N) is 1. The van der Waals surface area contributed by atoms with Gasteiger partial charge in [0.2, 0.25) is 5.91 Å². The highest BCUT2D eigenvalue weighted by atomic mass is 16.5. The minimum absolute atomic E-state index is 0.0189. The highest BCUT2D eigenvalue weighted by Gasteiger charge is 2.28. The lowest BCUT2D eigenvalue weighted by Gasteiger charge is -2.28. The summed E-state index contributed by atoms with van der Waals surface area (Å²) in [6, 6.07) is 4.36. The smallest absolute Gasteiger partial charge is 0.252 e. The lowest BCUT2D eigenvalue weighted by Crippen LogP contribution is -2.51. The monoisotopic (exact) mass is 336 g/mol. The Balaban J connectivity index is 3.03. The van der Waals surface area contributed by atoms with Crippen molar-refractivity contribution in [2.75, 3.05) is 27.3 Å². The van der Waals surface area contributed by atoms with E-state index in [2.05, 4.69) is 5.32 Å². The topological polar surface area (TPSA) is 67.9 Å². The van der Waals surface area contributed by atoms with Crippen molar-refractivity contribution in [2.45, 2.75) is 33.7 Å². The van der Waals surface area contributed by atoms with Gasteiger partial charge in [-0.2, -0.15) is 0 Å². The molecule has 0 aliphatic rings. The Morgan fingerprint density at radius 1 is 1.04 bits per heavy atom. The van der Waals surface area contributed by atoms with Gasteiger partial charge in [0.05, 0.1) is 14.2 Å². The number of carbonyl (C=O) groups is 2. The fraction of sp³-hybridized carbons (Fsp3) is 0.556. The van der Waals surface area contributed by atoms with E-state index in [9.17, 15) is 9.59 Å². The van der Waals surface area contributed by atoms with Crippen LogP contribution in [0.25, 0.3) is 0 Å². The fourth-order valence-electron chi connectivity index (χ4n) is 2.41. The Kier molecular flexibility index (Phi) is 7.55. The maximum Gasteiger partial charge on any atom is 0.252 e. The molecule has 0 bridgehead atoms. The number of likely N-dealkylation sites (N-methyl/N-ethyl adjacent to an activating group) is 1. The van der Waals surface area contributed by atoms with Crippen molar-refractivity contribution in [3.8, 4) is 11.5 Å². The largest absolute Gasteiger partial charge is 0.497 e. The van der Waals surface area contributed by atoms with E-state index in [4.69, 9.17) is 9.47 Å². The second-order valence-corrected chi connectivity index (χ2v) is 5.81. The maximum absolute atomic E-state index is 12.6. The molecule has 0 aliphatic heterocycles. The molecule has 2 amide bonds. The average Bonchev–Trinajstić information content (AvgIpc) is 2.59. The molecule has 1 rings (SSSR count). The SMILES string of the molecule is CCN(CC)C(=O)C(NC(=O)c1cc(OC)cc(OC)c1)C(C)C. The van der Waals surface area contributed by atoms with Crippen molar-refractivity contribution in [3.63, 3.8) is 0 Å². The quantitative estimate of drug-likeness (QED) is 0.791. The summed E-state index contributed by atoms with van der Waals surface area (Å²) in [5, 5.41) is 2.84. The van der Waals surface area contributed by atoms with Gasteiger partial charge in [-0.15, -0.1) is 0 Å². The molecule has 0 aromatic heterocycles. The van der Waals surface area contributed by atoms with E-state index < -0.39 is 6.04 Å². The van der Waals surface area contributed by atoms with Crippen LogP contribution in [0.15, 0.2) is 18.2 Å². The van der Waals surface area contributed by atoms with Gasteiger partial charge in [0, 0.05) is 24.7 Å². The minimum atomic E-state index is -0.574. The zero-order valence-electron chi connectivity index (χ0n) is 15.4. The van der Waals surface area contributed by atoms with Crippen LogP contribution in [0.2, 0.25) is 0 Å². The van der Waals surface area contributed by atoms with Gasteiger partial charge in [-0.25, -0.2) is 0 Å². The van der Waals surface area contributed by atoms with Gasteiger partial charge in [-0.1, -0.05) is 13.8 Å². The molecule has 1 aromatic rings. The van der Waals surface area contributed by atoms with Crippen molar-refractivity contribution in [3.05, 3.63) is 23.8 Å². The zero-order valence-corrected chi connectivity index (χ0v) is 15.4. The number of hydrogen-bond acceptors (Lipinski definition) is 4. The molecule has 6 heteroatoms. The van der Waals surface area contributed by atoms with E-state index in [0.29, 0.717) is 30.2 Å². The molecule has 0 saturated carbocycles. The first kappa shape index (κ1) is 19.8. The molecule has 6 nitrogen and oxygen atoms in total. The molecule has 1 unspecified atom stereocenters. The zero-order chi connectivity index (χ0) is 18.3. The summed E-state index contributed by atoms with van der Waals surface area (Å²) in [4.78, 5) is 26.9. The van der Waals surface area contributed by atoms with Crippen LogP contribution in [-0.2, 0) is 4.79 Å². The molecule has 0 spiro atoms. The molecule has 134 valence electrons. The van der Waals surface area contributed by atoms with Gasteiger partial charge in [-0.3, -0.25) is 9.59 Å². The minimum Gasteiger partial charge on any atom is -0.497 e. The average molecular weight is 336 g/mol. The predicted molar refractivity (Wildman–Crippen MR) is 93.6 cm³/mol. The van der Waals surface area contributed by atoms with Crippen LogP contribution < -0.4 is 14.8 Å². The van der Waals surface area contributed by atoms with Gasteiger partial charge in [-0.05, 0) is 31.9 Å². The van der Waals surface area contributed by atoms with Crippen molar-refractivity contribution in [1.82, 2.24) is 10.2 Å². The lowest BCUT2D eigenvalue weighted by atomic mass is 10.0. The normalized spacial score (nSPS) is 11.8. The molecule has 1 aromatic carbocycles. The maximum atomic E-state index is 12.6. The number of hydrogen-bond donors (Lipinski definition) is 1. The van der Waals surface area contributed by atoms with E-state index in [1.807, 2.05) is 27.7 Å². The lowest BCUT2D eigenvalue weighted by molar-refractivity contribution is -0.133. The van der Waals surface area contributed by atoms with Crippen molar-refractivity contribution in [1.29, 1.82) is 0 Å². The van der Waals surface area contributed by atoms with Crippen molar-refractivity contribution in [2.24, 2.45) is 5.92 Å². The van der Waals surface area contributed by atoms with Crippen LogP contribution >= 0.6 is 0 Å².